The molecule has 1 fully saturated rings. The predicted molar refractivity (Wildman–Crippen MR) is 119 cm³/mol. The van der Waals surface area contributed by atoms with Gasteiger partial charge in [-0.05, 0) is 50.4 Å². The summed E-state index contributed by atoms with van der Waals surface area (Å²) in [5.74, 6) is 0. The van der Waals surface area contributed by atoms with Gasteiger partial charge in [-0.25, -0.2) is 0 Å². The van der Waals surface area contributed by atoms with Crippen LogP contribution in [-0.4, -0.2) is 52.6 Å². The number of hydrogen-bond donors (Lipinski definition) is 0. The van der Waals surface area contributed by atoms with Gasteiger partial charge in [0, 0.05) is 44.0 Å². The number of anilines is 1. The number of nitrogens with zero attached hydrogens (tertiary/aromatic N) is 5. The lowest BCUT2D eigenvalue weighted by Gasteiger charge is -2.37. The van der Waals surface area contributed by atoms with Crippen LogP contribution in [0, 0.1) is 13.8 Å². The van der Waals surface area contributed by atoms with E-state index in [-0.39, 0.29) is 0 Å². The second-order valence-corrected chi connectivity index (χ2v) is 7.99. The summed E-state index contributed by atoms with van der Waals surface area (Å²) >= 11 is 0. The lowest BCUT2D eigenvalue weighted by Crippen LogP contribution is -2.46. The minimum Gasteiger partial charge on any atom is -0.369 e. The third kappa shape index (κ3) is 4.85. The van der Waals surface area contributed by atoms with Crippen molar-refractivity contribution in [2.24, 2.45) is 0 Å². The van der Waals surface area contributed by atoms with Gasteiger partial charge in [0.05, 0.1) is 6.20 Å². The minimum absolute atomic E-state index is 0.933. The number of aryl methyl sites for hydroxylation is 2. The Labute approximate surface area is 174 Å². The highest BCUT2D eigenvalue weighted by Crippen LogP contribution is 2.24. The molecule has 1 aromatic heterocycles. The highest BCUT2D eigenvalue weighted by atomic mass is 15.4. The minimum atomic E-state index is 0.933. The summed E-state index contributed by atoms with van der Waals surface area (Å²) in [5.41, 5.74) is 6.29. The third-order valence-electron chi connectivity index (χ3n) is 6.01. The number of unbranched alkanes of at least 4 members (excludes halogenated alkanes) is 1. The van der Waals surface area contributed by atoms with Crippen LogP contribution in [0.3, 0.4) is 0 Å². The Balaban J connectivity index is 1.19. The molecule has 0 N–H and O–H groups in total. The van der Waals surface area contributed by atoms with Crippen LogP contribution in [-0.2, 0) is 6.54 Å². The molecule has 0 saturated carbocycles. The maximum absolute atomic E-state index is 4.30. The summed E-state index contributed by atoms with van der Waals surface area (Å²) < 4.78 is 1.97. The van der Waals surface area contributed by atoms with Crippen molar-refractivity contribution < 1.29 is 0 Å². The van der Waals surface area contributed by atoms with Crippen LogP contribution >= 0.6 is 0 Å². The molecule has 0 amide bonds. The zero-order valence-electron chi connectivity index (χ0n) is 17.6. The molecule has 2 aromatic carbocycles. The Morgan fingerprint density at radius 1 is 0.828 bits per heavy atom. The van der Waals surface area contributed by atoms with E-state index in [1.54, 1.807) is 0 Å². The number of aromatic nitrogens is 3. The van der Waals surface area contributed by atoms with E-state index >= 15 is 0 Å². The van der Waals surface area contributed by atoms with Gasteiger partial charge in [-0.1, -0.05) is 47.7 Å². The van der Waals surface area contributed by atoms with Crippen molar-refractivity contribution in [3.05, 3.63) is 65.9 Å². The van der Waals surface area contributed by atoms with Gasteiger partial charge in [0.25, 0.3) is 0 Å². The van der Waals surface area contributed by atoms with Crippen LogP contribution < -0.4 is 4.90 Å². The normalized spacial score (nSPS) is 15.0. The van der Waals surface area contributed by atoms with Gasteiger partial charge in [0.1, 0.15) is 5.69 Å². The molecule has 0 atom stereocenters. The molecule has 0 unspecified atom stereocenters. The highest BCUT2D eigenvalue weighted by Gasteiger charge is 2.18. The van der Waals surface area contributed by atoms with E-state index in [1.807, 2.05) is 22.9 Å². The van der Waals surface area contributed by atoms with Crippen molar-refractivity contribution in [3.8, 4) is 11.3 Å². The van der Waals surface area contributed by atoms with Gasteiger partial charge in [0.2, 0.25) is 0 Å². The summed E-state index contributed by atoms with van der Waals surface area (Å²) in [4.78, 5) is 5.14. The first-order valence-corrected chi connectivity index (χ1v) is 10.7. The third-order valence-corrected chi connectivity index (χ3v) is 6.01. The first-order valence-electron chi connectivity index (χ1n) is 10.7. The molecule has 0 bridgehead atoms. The first-order chi connectivity index (χ1) is 14.2. The van der Waals surface area contributed by atoms with Crippen molar-refractivity contribution in [1.82, 2.24) is 19.9 Å². The topological polar surface area (TPSA) is 37.2 Å². The van der Waals surface area contributed by atoms with Gasteiger partial charge >= 0.3 is 0 Å². The average Bonchev–Trinajstić information content (AvgIpc) is 3.23. The zero-order chi connectivity index (χ0) is 20.1. The number of benzene rings is 2. The van der Waals surface area contributed by atoms with Gasteiger partial charge in [0.15, 0.2) is 0 Å². The molecule has 1 aliphatic heterocycles. The van der Waals surface area contributed by atoms with Crippen LogP contribution in [0.15, 0.2) is 54.7 Å². The molecule has 5 heteroatoms. The molecule has 4 rings (SSSR count). The molecule has 29 heavy (non-hydrogen) atoms. The Kier molecular flexibility index (Phi) is 6.25. The smallest absolute Gasteiger partial charge is 0.113 e. The molecule has 0 spiro atoms. The van der Waals surface area contributed by atoms with Crippen LogP contribution in [0.2, 0.25) is 0 Å². The number of rotatable bonds is 7. The summed E-state index contributed by atoms with van der Waals surface area (Å²) in [7, 11) is 0. The van der Waals surface area contributed by atoms with Crippen molar-refractivity contribution in [2.75, 3.05) is 37.6 Å². The fourth-order valence-electron chi connectivity index (χ4n) is 4.05. The van der Waals surface area contributed by atoms with E-state index in [0.717, 1.165) is 50.4 Å². The summed E-state index contributed by atoms with van der Waals surface area (Å²) in [6.45, 7) is 11.1. The number of hydrogen-bond acceptors (Lipinski definition) is 4. The lowest BCUT2D eigenvalue weighted by atomic mass is 10.1. The molecule has 0 aliphatic carbocycles. The fraction of sp³-hybridized carbons (Fsp3) is 0.417. The number of piperazine rings is 1. The Bertz CT molecular complexity index is 910. The van der Waals surface area contributed by atoms with E-state index in [4.69, 9.17) is 0 Å². The van der Waals surface area contributed by atoms with Gasteiger partial charge in [-0.15, -0.1) is 5.10 Å². The maximum atomic E-state index is 4.30. The maximum Gasteiger partial charge on any atom is 0.113 e. The highest BCUT2D eigenvalue weighted by molar-refractivity contribution is 5.57. The van der Waals surface area contributed by atoms with Crippen LogP contribution in [0.25, 0.3) is 11.3 Å². The Morgan fingerprint density at radius 3 is 2.38 bits per heavy atom. The predicted octanol–water partition coefficient (Wildman–Crippen LogP) is 4.16. The standard InChI is InChI=1S/C24H31N5/c1-20-9-8-12-24(21(20)2)28-17-15-27(16-18-28)13-6-7-14-29-19-23(25-26-29)22-10-4-3-5-11-22/h3-5,8-12,19H,6-7,13-18H2,1-2H3. The van der Waals surface area contributed by atoms with E-state index in [1.165, 1.54) is 29.8 Å². The Hall–Kier alpha value is -2.66. The fourth-order valence-corrected chi connectivity index (χ4v) is 4.05. The summed E-state index contributed by atoms with van der Waals surface area (Å²) in [6, 6.07) is 16.9. The van der Waals surface area contributed by atoms with E-state index in [2.05, 4.69) is 70.5 Å². The molecule has 5 nitrogen and oxygen atoms in total. The molecule has 2 heterocycles. The lowest BCUT2D eigenvalue weighted by molar-refractivity contribution is 0.250. The van der Waals surface area contributed by atoms with E-state index in [0.29, 0.717) is 0 Å². The van der Waals surface area contributed by atoms with Gasteiger partial charge in [-0.3, -0.25) is 9.58 Å². The largest absolute Gasteiger partial charge is 0.369 e. The first kappa shape index (κ1) is 19.6. The van der Waals surface area contributed by atoms with E-state index < -0.39 is 0 Å². The van der Waals surface area contributed by atoms with Crippen LogP contribution in [0.4, 0.5) is 5.69 Å². The zero-order valence-corrected chi connectivity index (χ0v) is 17.6. The second-order valence-electron chi connectivity index (χ2n) is 7.99. The van der Waals surface area contributed by atoms with Crippen LogP contribution in [0.5, 0.6) is 0 Å². The molecule has 152 valence electrons. The molecular weight excluding hydrogens is 358 g/mol. The van der Waals surface area contributed by atoms with Gasteiger partial charge in [-0.2, -0.15) is 0 Å². The quantitative estimate of drug-likeness (QED) is 0.569. The Morgan fingerprint density at radius 2 is 1.59 bits per heavy atom. The average molecular weight is 390 g/mol. The summed E-state index contributed by atoms with van der Waals surface area (Å²) in [6.07, 6.45) is 4.39. The van der Waals surface area contributed by atoms with Gasteiger partial charge < -0.3 is 4.90 Å². The summed E-state index contributed by atoms with van der Waals surface area (Å²) in [5, 5.41) is 8.58. The molecule has 1 aliphatic rings. The molecule has 1 saturated heterocycles. The van der Waals surface area contributed by atoms with Crippen molar-refractivity contribution in [3.63, 3.8) is 0 Å². The SMILES string of the molecule is Cc1cccc(N2CCN(CCCCn3cc(-c4ccccc4)nn3)CC2)c1C. The van der Waals surface area contributed by atoms with Crippen molar-refractivity contribution in [1.29, 1.82) is 0 Å². The molecule has 3 aromatic rings. The van der Waals surface area contributed by atoms with E-state index in [9.17, 15) is 0 Å². The van der Waals surface area contributed by atoms with Crippen molar-refractivity contribution >= 4 is 5.69 Å². The molecular formula is C24H31N5. The molecule has 0 radical (unpaired) electrons. The van der Waals surface area contributed by atoms with Crippen LogP contribution in [0.1, 0.15) is 24.0 Å². The van der Waals surface area contributed by atoms with Crippen molar-refractivity contribution in [2.45, 2.75) is 33.2 Å². The second kappa shape index (κ2) is 9.23. The monoisotopic (exact) mass is 389 g/mol.